The van der Waals surface area contributed by atoms with E-state index in [-0.39, 0.29) is 17.0 Å². The average molecular weight is 255 g/mol. The molecule has 0 amide bonds. The molecule has 0 aromatic carbocycles. The van der Waals surface area contributed by atoms with E-state index in [4.69, 9.17) is 5.73 Å². The lowest BCUT2D eigenvalue weighted by Gasteiger charge is -1.97. The maximum Gasteiger partial charge on any atom is 0.303 e. The minimum absolute atomic E-state index is 0. The predicted molar refractivity (Wildman–Crippen MR) is 53.3 cm³/mol. The van der Waals surface area contributed by atoms with E-state index < -0.39 is 0 Å². The highest BCUT2D eigenvalue weighted by Crippen LogP contribution is 2.04. The van der Waals surface area contributed by atoms with Crippen LogP contribution in [0.4, 0.5) is 0 Å². The van der Waals surface area contributed by atoms with Gasteiger partial charge in [0.2, 0.25) is 0 Å². The van der Waals surface area contributed by atoms with E-state index in [0.717, 1.165) is 10.9 Å². The summed E-state index contributed by atoms with van der Waals surface area (Å²) in [4.78, 5) is 0. The topological polar surface area (TPSA) is 29.0 Å². The first-order chi connectivity index (χ1) is 5.18. The molecular weight excluding hydrogens is 236 g/mol. The summed E-state index contributed by atoms with van der Waals surface area (Å²) in [5.41, 5.74) is 5.70. The highest BCUT2D eigenvalue weighted by molar-refractivity contribution is 8.13. The number of amidine groups is 1. The Kier molecular flexibility index (Phi) is 11.6. The van der Waals surface area contributed by atoms with Crippen LogP contribution in [-0.4, -0.2) is 29.6 Å². The largest absolute Gasteiger partial charge is 1.00 e. The van der Waals surface area contributed by atoms with Crippen molar-refractivity contribution in [2.45, 2.75) is 26.2 Å². The Morgan fingerprint density at radius 3 is 2.33 bits per heavy atom. The number of hydrogen-bond donors (Lipinski definition) is 1. The third-order valence-corrected chi connectivity index (χ3v) is 2.59. The zero-order valence-corrected chi connectivity index (χ0v) is 10.5. The Bertz CT molecular complexity index is 133. The van der Waals surface area contributed by atoms with E-state index in [1.165, 1.54) is 19.3 Å². The highest BCUT2D eigenvalue weighted by atomic mass is 79.9. The first-order valence-corrected chi connectivity index (χ1v) is 5.09. The summed E-state index contributed by atoms with van der Waals surface area (Å²) in [5.74, 6) is 1.15. The number of nitrogens with two attached hydrogens (primary N) is 1. The van der Waals surface area contributed by atoms with Gasteiger partial charge in [0.15, 0.2) is 0 Å². The lowest BCUT2D eigenvalue weighted by molar-refractivity contribution is -0.462. The Labute approximate surface area is 90.4 Å². The minimum Gasteiger partial charge on any atom is -1.00 e. The van der Waals surface area contributed by atoms with E-state index in [0.29, 0.717) is 0 Å². The molecule has 2 nitrogen and oxygen atoms in total. The molecule has 0 unspecified atom stereocenters. The summed E-state index contributed by atoms with van der Waals surface area (Å²) >= 11 is 1.74. The van der Waals surface area contributed by atoms with E-state index in [2.05, 4.69) is 6.92 Å². The van der Waals surface area contributed by atoms with Gasteiger partial charge in [0.1, 0.15) is 0 Å². The van der Waals surface area contributed by atoms with Crippen LogP contribution in [0.25, 0.3) is 0 Å². The highest BCUT2D eigenvalue weighted by Gasteiger charge is 1.99. The second-order valence-corrected chi connectivity index (χ2v) is 3.90. The molecule has 2 N–H and O–H groups in total. The van der Waals surface area contributed by atoms with Gasteiger partial charge < -0.3 is 17.0 Å². The molecule has 0 aliphatic carbocycles. The van der Waals surface area contributed by atoms with Crippen molar-refractivity contribution in [3.8, 4) is 0 Å². The molecule has 0 radical (unpaired) electrons. The number of hydrogen-bond acceptors (Lipinski definition) is 1. The predicted octanol–water partition coefficient (Wildman–Crippen LogP) is -1.50. The third-order valence-electron chi connectivity index (χ3n) is 1.44. The number of nitrogens with zero attached hydrogens (tertiary/aromatic N) is 1. The van der Waals surface area contributed by atoms with Crippen LogP contribution in [0.2, 0.25) is 0 Å². The minimum atomic E-state index is 0. The van der Waals surface area contributed by atoms with Crippen molar-refractivity contribution < 1.29 is 21.6 Å². The van der Waals surface area contributed by atoms with Gasteiger partial charge in [-0.2, -0.15) is 0 Å². The molecule has 0 aliphatic rings. The summed E-state index contributed by atoms with van der Waals surface area (Å²) in [6, 6.07) is 0. The summed E-state index contributed by atoms with van der Waals surface area (Å²) in [5, 5.41) is 0.918. The zero-order valence-electron chi connectivity index (χ0n) is 8.14. The van der Waals surface area contributed by atoms with Crippen molar-refractivity contribution in [3.63, 3.8) is 0 Å². The van der Waals surface area contributed by atoms with Crippen molar-refractivity contribution in [1.29, 1.82) is 0 Å². The fraction of sp³-hybridized carbons (Fsp3) is 0.875. The molecule has 0 atom stereocenters. The van der Waals surface area contributed by atoms with Gasteiger partial charge in [0, 0.05) is 5.75 Å². The van der Waals surface area contributed by atoms with Crippen LogP contribution in [0.3, 0.4) is 0 Å². The third kappa shape index (κ3) is 8.40. The quantitative estimate of drug-likeness (QED) is 0.287. The van der Waals surface area contributed by atoms with Crippen molar-refractivity contribution in [2.75, 3.05) is 19.8 Å². The van der Waals surface area contributed by atoms with Gasteiger partial charge in [0.25, 0.3) is 0 Å². The Morgan fingerprint density at radius 2 is 1.92 bits per heavy atom. The van der Waals surface area contributed by atoms with E-state index in [1.807, 2.05) is 18.7 Å². The lowest BCUT2D eigenvalue weighted by Crippen LogP contribution is -3.00. The number of rotatable bonds is 4. The number of halogens is 1. The summed E-state index contributed by atoms with van der Waals surface area (Å²) in [6.07, 6.45) is 3.87. The van der Waals surface area contributed by atoms with Crippen LogP contribution in [-0.2, 0) is 0 Å². The van der Waals surface area contributed by atoms with Crippen LogP contribution < -0.4 is 22.7 Å². The second-order valence-electron chi connectivity index (χ2n) is 2.79. The average Bonchev–Trinajstić information content (AvgIpc) is 1.97. The lowest BCUT2D eigenvalue weighted by atomic mass is 10.3. The van der Waals surface area contributed by atoms with Gasteiger partial charge in [-0.15, -0.1) is 0 Å². The van der Waals surface area contributed by atoms with Crippen LogP contribution in [0.1, 0.15) is 26.2 Å². The smallest absolute Gasteiger partial charge is 0.303 e. The Hall–Kier alpha value is 0.300. The van der Waals surface area contributed by atoms with E-state index >= 15 is 0 Å². The fourth-order valence-electron chi connectivity index (χ4n) is 0.658. The molecule has 4 heteroatoms. The SMILES string of the molecule is CCCCCSC(N)=[N+](C)C.[Br-]. The van der Waals surface area contributed by atoms with Gasteiger partial charge in [-0.05, 0) is 18.2 Å². The van der Waals surface area contributed by atoms with Crippen molar-refractivity contribution in [2.24, 2.45) is 5.73 Å². The Morgan fingerprint density at radius 1 is 1.33 bits per heavy atom. The molecule has 0 aromatic heterocycles. The molecule has 0 fully saturated rings. The standard InChI is InChI=1S/C8H18N2S.BrH/c1-4-5-6-7-11-8(9)10(2)3;/h9H,4-7H2,1-3H3;1H. The van der Waals surface area contributed by atoms with E-state index in [1.54, 1.807) is 11.8 Å². The Balaban J connectivity index is 0. The first-order valence-electron chi connectivity index (χ1n) is 4.11. The van der Waals surface area contributed by atoms with Gasteiger partial charge >= 0.3 is 5.17 Å². The molecule has 0 aromatic rings. The first kappa shape index (κ1) is 14.8. The zero-order chi connectivity index (χ0) is 8.69. The maximum absolute atomic E-state index is 5.70. The molecule has 74 valence electrons. The van der Waals surface area contributed by atoms with Gasteiger partial charge in [0.05, 0.1) is 14.1 Å². The van der Waals surface area contributed by atoms with Crippen molar-refractivity contribution in [1.82, 2.24) is 0 Å². The van der Waals surface area contributed by atoms with Crippen LogP contribution >= 0.6 is 11.8 Å². The normalized spacial score (nSPS) is 8.92. The molecule has 0 heterocycles. The monoisotopic (exact) mass is 254 g/mol. The van der Waals surface area contributed by atoms with E-state index in [9.17, 15) is 0 Å². The van der Waals surface area contributed by atoms with Crippen LogP contribution in [0.15, 0.2) is 0 Å². The summed E-state index contributed by atoms with van der Waals surface area (Å²) in [7, 11) is 3.95. The van der Waals surface area contributed by atoms with Gasteiger partial charge in [-0.1, -0.05) is 19.8 Å². The molecule has 0 bridgehead atoms. The second kappa shape index (κ2) is 9.39. The molecule has 12 heavy (non-hydrogen) atoms. The fourth-order valence-corrected chi connectivity index (χ4v) is 1.47. The summed E-state index contributed by atoms with van der Waals surface area (Å²) in [6.45, 7) is 2.21. The van der Waals surface area contributed by atoms with Gasteiger partial charge in [-0.3, -0.25) is 10.3 Å². The van der Waals surface area contributed by atoms with Crippen molar-refractivity contribution >= 4 is 16.9 Å². The molecule has 0 rings (SSSR count). The van der Waals surface area contributed by atoms with Crippen molar-refractivity contribution in [3.05, 3.63) is 0 Å². The van der Waals surface area contributed by atoms with Crippen LogP contribution in [0.5, 0.6) is 0 Å². The molecule has 0 saturated carbocycles. The molecule has 0 spiro atoms. The molecular formula is C8H19BrN2S. The number of thioether (sulfide) groups is 1. The summed E-state index contributed by atoms with van der Waals surface area (Å²) < 4.78 is 1.95. The molecule has 0 aliphatic heterocycles. The maximum atomic E-state index is 5.70. The molecule has 0 saturated heterocycles. The number of unbranched alkanes of at least 4 members (excludes halogenated alkanes) is 2. The van der Waals surface area contributed by atoms with Gasteiger partial charge in [-0.25, -0.2) is 0 Å². The van der Waals surface area contributed by atoms with Crippen LogP contribution in [0, 0.1) is 0 Å².